The van der Waals surface area contributed by atoms with Crippen LogP contribution in [-0.4, -0.2) is 15.5 Å². The van der Waals surface area contributed by atoms with Crippen molar-refractivity contribution < 1.29 is 4.79 Å². The van der Waals surface area contributed by atoms with Crippen molar-refractivity contribution in [2.75, 3.05) is 5.32 Å². The van der Waals surface area contributed by atoms with Gasteiger partial charge < -0.3 is 5.32 Å². The van der Waals surface area contributed by atoms with Gasteiger partial charge in [0.25, 0.3) is 5.56 Å². The number of halogens is 2. The van der Waals surface area contributed by atoms with E-state index in [0.717, 1.165) is 20.1 Å². The van der Waals surface area contributed by atoms with Crippen LogP contribution in [0, 0.1) is 13.8 Å². The summed E-state index contributed by atoms with van der Waals surface area (Å²) in [6.45, 7) is 3.77. The van der Waals surface area contributed by atoms with E-state index in [-0.39, 0.29) is 18.0 Å². The maximum atomic E-state index is 12.6. The van der Waals surface area contributed by atoms with Crippen LogP contribution in [0.25, 0.3) is 10.9 Å². The Bertz CT molecular complexity index is 1020. The molecule has 128 valence electrons. The normalized spacial score (nSPS) is 10.9. The summed E-state index contributed by atoms with van der Waals surface area (Å²) in [5.74, 6) is -0.304. The van der Waals surface area contributed by atoms with E-state index < -0.39 is 0 Å². The number of fused-ring (bicyclic) bond motifs is 1. The Kier molecular flexibility index (Phi) is 5.06. The minimum atomic E-state index is -0.304. The van der Waals surface area contributed by atoms with Gasteiger partial charge >= 0.3 is 0 Å². The van der Waals surface area contributed by atoms with Crippen molar-refractivity contribution in [3.63, 3.8) is 0 Å². The van der Waals surface area contributed by atoms with E-state index in [2.05, 4.69) is 42.2 Å². The number of hydrogen-bond donors (Lipinski definition) is 1. The van der Waals surface area contributed by atoms with Gasteiger partial charge in [0.15, 0.2) is 0 Å². The molecule has 1 aromatic heterocycles. The molecule has 5 nitrogen and oxygen atoms in total. The quantitative estimate of drug-likeness (QED) is 0.632. The highest BCUT2D eigenvalue weighted by molar-refractivity contribution is 9.11. The minimum Gasteiger partial charge on any atom is -0.323 e. The summed E-state index contributed by atoms with van der Waals surface area (Å²) >= 11 is 6.88. The third-order valence-electron chi connectivity index (χ3n) is 3.74. The van der Waals surface area contributed by atoms with Crippen LogP contribution in [0.15, 0.2) is 50.4 Å². The summed E-state index contributed by atoms with van der Waals surface area (Å²) in [5.41, 5.74) is 3.05. The Morgan fingerprint density at radius 1 is 1.12 bits per heavy atom. The molecule has 0 saturated carbocycles. The molecule has 0 radical (unpaired) electrons. The first-order valence-corrected chi connectivity index (χ1v) is 9.15. The molecular weight excluding hydrogens is 450 g/mol. The fourth-order valence-corrected chi connectivity index (χ4v) is 4.15. The summed E-state index contributed by atoms with van der Waals surface area (Å²) < 4.78 is 2.85. The minimum absolute atomic E-state index is 0.109. The lowest BCUT2D eigenvalue weighted by molar-refractivity contribution is -0.116. The molecule has 0 aliphatic carbocycles. The fraction of sp³-hybridized carbons (Fsp3) is 0.167. The van der Waals surface area contributed by atoms with E-state index >= 15 is 0 Å². The zero-order valence-electron chi connectivity index (χ0n) is 13.6. The van der Waals surface area contributed by atoms with Crippen LogP contribution in [0.2, 0.25) is 0 Å². The average Bonchev–Trinajstić information content (AvgIpc) is 2.54. The number of aromatic nitrogens is 2. The van der Waals surface area contributed by atoms with Gasteiger partial charge in [-0.3, -0.25) is 14.2 Å². The predicted molar refractivity (Wildman–Crippen MR) is 106 cm³/mol. The molecular formula is C18H15Br2N3O2. The molecule has 25 heavy (non-hydrogen) atoms. The van der Waals surface area contributed by atoms with Gasteiger partial charge in [0.1, 0.15) is 6.54 Å². The number of aryl methyl sites for hydroxylation is 2. The average molecular weight is 465 g/mol. The summed E-state index contributed by atoms with van der Waals surface area (Å²) in [4.78, 5) is 29.2. The lowest BCUT2D eigenvalue weighted by Crippen LogP contribution is -2.28. The van der Waals surface area contributed by atoms with Gasteiger partial charge in [-0.2, -0.15) is 0 Å². The van der Waals surface area contributed by atoms with Crippen molar-refractivity contribution in [2.24, 2.45) is 0 Å². The Morgan fingerprint density at radius 3 is 2.48 bits per heavy atom. The highest BCUT2D eigenvalue weighted by atomic mass is 79.9. The number of carbonyl (C=O) groups excluding carboxylic acids is 1. The van der Waals surface area contributed by atoms with Crippen LogP contribution in [0.3, 0.4) is 0 Å². The van der Waals surface area contributed by atoms with Crippen molar-refractivity contribution >= 4 is 54.4 Å². The number of nitrogens with one attached hydrogen (secondary N) is 1. The van der Waals surface area contributed by atoms with Crippen LogP contribution in [0.4, 0.5) is 5.69 Å². The van der Waals surface area contributed by atoms with Crippen LogP contribution >= 0.6 is 31.9 Å². The van der Waals surface area contributed by atoms with Gasteiger partial charge in [0.05, 0.1) is 22.9 Å². The number of anilines is 1. The molecule has 0 aliphatic rings. The molecule has 0 bridgehead atoms. The van der Waals surface area contributed by atoms with Crippen molar-refractivity contribution in [1.82, 2.24) is 9.55 Å². The van der Waals surface area contributed by atoms with Gasteiger partial charge in [0, 0.05) is 8.95 Å². The zero-order chi connectivity index (χ0) is 18.1. The Hall–Kier alpha value is -1.99. The molecule has 0 fully saturated rings. The largest absolute Gasteiger partial charge is 0.323 e. The van der Waals surface area contributed by atoms with Crippen molar-refractivity contribution in [1.29, 1.82) is 0 Å². The van der Waals surface area contributed by atoms with Gasteiger partial charge in [-0.1, -0.05) is 11.6 Å². The second kappa shape index (κ2) is 7.09. The van der Waals surface area contributed by atoms with Crippen molar-refractivity contribution in [2.45, 2.75) is 20.4 Å². The van der Waals surface area contributed by atoms with Crippen LogP contribution in [-0.2, 0) is 11.3 Å². The standard InChI is InChI=1S/C18H15Br2N3O2/c1-10-3-4-15-12(5-10)18(25)23(9-21-15)8-16(24)22-17-13(19)6-11(2)7-14(17)20/h3-7,9H,8H2,1-2H3,(H,22,24). The molecule has 0 saturated heterocycles. The molecule has 0 aliphatic heterocycles. The summed E-state index contributed by atoms with van der Waals surface area (Å²) in [6.07, 6.45) is 1.40. The van der Waals surface area contributed by atoms with Crippen LogP contribution < -0.4 is 10.9 Å². The first-order chi connectivity index (χ1) is 11.8. The first kappa shape index (κ1) is 17.8. The first-order valence-electron chi connectivity index (χ1n) is 7.56. The lowest BCUT2D eigenvalue weighted by Gasteiger charge is -2.12. The summed E-state index contributed by atoms with van der Waals surface area (Å²) in [5, 5.41) is 3.33. The number of rotatable bonds is 3. The molecule has 1 amide bonds. The number of carbonyl (C=O) groups is 1. The summed E-state index contributed by atoms with van der Waals surface area (Å²) in [7, 11) is 0. The second-order valence-corrected chi connectivity index (χ2v) is 7.56. The molecule has 3 aromatic rings. The van der Waals surface area contributed by atoms with Crippen molar-refractivity contribution in [3.05, 3.63) is 67.1 Å². The molecule has 7 heteroatoms. The van der Waals surface area contributed by atoms with Gasteiger partial charge in [-0.15, -0.1) is 0 Å². The topological polar surface area (TPSA) is 64.0 Å². The maximum Gasteiger partial charge on any atom is 0.261 e. The highest BCUT2D eigenvalue weighted by Gasteiger charge is 2.12. The fourth-order valence-electron chi connectivity index (χ4n) is 2.54. The summed E-state index contributed by atoms with van der Waals surface area (Å²) in [6, 6.07) is 9.31. The Labute approximate surface area is 161 Å². The molecule has 0 atom stereocenters. The van der Waals surface area contributed by atoms with E-state index in [0.29, 0.717) is 16.6 Å². The number of benzene rings is 2. The molecule has 2 aromatic carbocycles. The van der Waals surface area contributed by atoms with Crippen LogP contribution in [0.1, 0.15) is 11.1 Å². The maximum absolute atomic E-state index is 12.6. The zero-order valence-corrected chi connectivity index (χ0v) is 16.8. The third kappa shape index (κ3) is 3.82. The number of amides is 1. The van der Waals surface area contributed by atoms with Crippen molar-refractivity contribution in [3.8, 4) is 0 Å². The monoisotopic (exact) mass is 463 g/mol. The van der Waals surface area contributed by atoms with Gasteiger partial charge in [-0.25, -0.2) is 4.98 Å². The Morgan fingerprint density at radius 2 is 1.80 bits per heavy atom. The van der Waals surface area contributed by atoms with Gasteiger partial charge in [0.2, 0.25) is 5.91 Å². The van der Waals surface area contributed by atoms with E-state index in [1.165, 1.54) is 10.9 Å². The lowest BCUT2D eigenvalue weighted by atomic mass is 10.2. The predicted octanol–water partition coefficient (Wildman–Crippen LogP) is 4.18. The molecule has 1 heterocycles. The molecule has 1 N–H and O–H groups in total. The SMILES string of the molecule is Cc1cc(Br)c(NC(=O)Cn2cnc3ccc(C)cc3c2=O)c(Br)c1. The highest BCUT2D eigenvalue weighted by Crippen LogP contribution is 2.32. The van der Waals surface area contributed by atoms with E-state index in [9.17, 15) is 9.59 Å². The third-order valence-corrected chi connectivity index (χ3v) is 5.00. The number of nitrogens with zero attached hydrogens (tertiary/aromatic N) is 2. The molecule has 0 unspecified atom stereocenters. The second-order valence-electron chi connectivity index (χ2n) is 5.85. The van der Waals surface area contributed by atoms with Gasteiger partial charge in [-0.05, 0) is 75.5 Å². The van der Waals surface area contributed by atoms with Crippen LogP contribution in [0.5, 0.6) is 0 Å². The van der Waals surface area contributed by atoms with E-state index in [1.807, 2.05) is 32.0 Å². The Balaban J connectivity index is 1.88. The molecule has 3 rings (SSSR count). The number of hydrogen-bond acceptors (Lipinski definition) is 3. The molecule has 0 spiro atoms. The van der Waals surface area contributed by atoms with E-state index in [4.69, 9.17) is 0 Å². The smallest absolute Gasteiger partial charge is 0.261 e. The van der Waals surface area contributed by atoms with E-state index in [1.54, 1.807) is 12.1 Å².